The van der Waals surface area contributed by atoms with Crippen molar-refractivity contribution in [2.75, 3.05) is 11.9 Å². The molecule has 1 aromatic heterocycles. The van der Waals surface area contributed by atoms with Gasteiger partial charge in [0.05, 0.1) is 4.92 Å². The average Bonchev–Trinajstić information content (AvgIpc) is 2.62. The van der Waals surface area contributed by atoms with Crippen LogP contribution in [-0.2, 0) is 0 Å². The van der Waals surface area contributed by atoms with Crippen LogP contribution in [0.2, 0.25) is 0 Å². The molecule has 0 aliphatic rings. The van der Waals surface area contributed by atoms with Crippen LogP contribution >= 0.6 is 11.3 Å². The quantitative estimate of drug-likeness (QED) is 0.474. The zero-order chi connectivity index (χ0) is 11.3. The molecule has 0 bridgehead atoms. The van der Waals surface area contributed by atoms with Gasteiger partial charge in [-0.1, -0.05) is 13.3 Å². The van der Waals surface area contributed by atoms with Crippen molar-refractivity contribution in [1.29, 1.82) is 5.26 Å². The van der Waals surface area contributed by atoms with Gasteiger partial charge in [0, 0.05) is 6.54 Å². The Labute approximate surface area is 91.5 Å². The molecule has 6 heteroatoms. The summed E-state index contributed by atoms with van der Waals surface area (Å²) >= 11 is 0.903. The number of nitrogens with zero attached hydrogens (tertiary/aromatic N) is 2. The number of anilines is 1. The lowest BCUT2D eigenvalue weighted by atomic mass is 10.3. The van der Waals surface area contributed by atoms with Crippen molar-refractivity contribution >= 4 is 22.0 Å². The molecule has 1 heterocycles. The molecule has 80 valence electrons. The summed E-state index contributed by atoms with van der Waals surface area (Å²) in [4.78, 5) is 10.6. The van der Waals surface area contributed by atoms with Crippen molar-refractivity contribution in [2.24, 2.45) is 0 Å². The largest absolute Gasteiger partial charge is 0.379 e. The molecule has 0 radical (unpaired) electrons. The molecule has 0 unspecified atom stereocenters. The summed E-state index contributed by atoms with van der Waals surface area (Å²) in [5.74, 6) is 0. The Morgan fingerprint density at radius 1 is 1.73 bits per heavy atom. The van der Waals surface area contributed by atoms with E-state index in [0.29, 0.717) is 17.1 Å². The number of rotatable bonds is 5. The van der Waals surface area contributed by atoms with Gasteiger partial charge in [-0.3, -0.25) is 10.1 Å². The van der Waals surface area contributed by atoms with E-state index in [1.165, 1.54) is 6.07 Å². The number of hydrogen-bond acceptors (Lipinski definition) is 5. The van der Waals surface area contributed by atoms with Crippen molar-refractivity contribution < 1.29 is 4.92 Å². The van der Waals surface area contributed by atoms with Crippen molar-refractivity contribution in [3.05, 3.63) is 21.1 Å². The van der Waals surface area contributed by atoms with Crippen LogP contribution in [0.25, 0.3) is 0 Å². The van der Waals surface area contributed by atoms with Gasteiger partial charge in [-0.25, -0.2) is 0 Å². The van der Waals surface area contributed by atoms with E-state index in [2.05, 4.69) is 5.32 Å². The van der Waals surface area contributed by atoms with Crippen LogP contribution in [0.15, 0.2) is 6.07 Å². The molecule has 1 N–H and O–H groups in total. The zero-order valence-electron chi connectivity index (χ0n) is 8.32. The standard InChI is InChI=1S/C9H11N3O2S/c1-2-3-4-11-8-5-7(6-10)15-9(8)12(13)14/h5,11H,2-4H2,1H3. The number of hydrogen-bond donors (Lipinski definition) is 1. The van der Waals surface area contributed by atoms with E-state index in [4.69, 9.17) is 5.26 Å². The van der Waals surface area contributed by atoms with Crippen molar-refractivity contribution in [1.82, 2.24) is 0 Å². The van der Waals surface area contributed by atoms with Gasteiger partial charge in [0.1, 0.15) is 16.6 Å². The van der Waals surface area contributed by atoms with E-state index < -0.39 is 4.92 Å². The fourth-order valence-corrected chi connectivity index (χ4v) is 1.84. The third-order valence-electron chi connectivity index (χ3n) is 1.83. The molecule has 0 aliphatic carbocycles. The molecule has 1 aromatic rings. The van der Waals surface area contributed by atoms with Crippen molar-refractivity contribution in [2.45, 2.75) is 19.8 Å². The number of nitriles is 1. The van der Waals surface area contributed by atoms with E-state index in [0.717, 1.165) is 24.2 Å². The number of thiophene rings is 1. The van der Waals surface area contributed by atoms with Gasteiger partial charge in [0.25, 0.3) is 0 Å². The van der Waals surface area contributed by atoms with Gasteiger partial charge in [-0.05, 0) is 23.8 Å². The second kappa shape index (κ2) is 5.32. The van der Waals surface area contributed by atoms with Gasteiger partial charge < -0.3 is 5.32 Å². The second-order valence-corrected chi connectivity index (χ2v) is 4.01. The SMILES string of the molecule is CCCCNc1cc(C#N)sc1[N+](=O)[O-]. The van der Waals surface area contributed by atoms with Crippen LogP contribution < -0.4 is 5.32 Å². The number of unbranched alkanes of at least 4 members (excludes halogenated alkanes) is 1. The van der Waals surface area contributed by atoms with Gasteiger partial charge in [0.15, 0.2) is 0 Å². The third-order valence-corrected chi connectivity index (χ3v) is 2.83. The zero-order valence-corrected chi connectivity index (χ0v) is 9.13. The molecule has 0 aliphatic heterocycles. The van der Waals surface area contributed by atoms with Crippen LogP contribution in [0.1, 0.15) is 24.6 Å². The van der Waals surface area contributed by atoms with Crippen LogP contribution in [0.3, 0.4) is 0 Å². The molecule has 5 nitrogen and oxygen atoms in total. The molecule has 0 aromatic carbocycles. The maximum absolute atomic E-state index is 10.7. The molecule has 0 saturated heterocycles. The van der Waals surface area contributed by atoms with Gasteiger partial charge in [-0.15, -0.1) is 0 Å². The molecular weight excluding hydrogens is 214 g/mol. The summed E-state index contributed by atoms with van der Waals surface area (Å²) < 4.78 is 0. The normalized spacial score (nSPS) is 9.60. The summed E-state index contributed by atoms with van der Waals surface area (Å²) in [6.07, 6.45) is 1.98. The van der Waals surface area contributed by atoms with E-state index in [1.807, 2.05) is 13.0 Å². The smallest absolute Gasteiger partial charge is 0.348 e. The Balaban J connectivity index is 2.81. The minimum atomic E-state index is -0.459. The van der Waals surface area contributed by atoms with Gasteiger partial charge in [-0.2, -0.15) is 5.26 Å². The molecule has 0 atom stereocenters. The number of nitrogens with one attached hydrogen (secondary N) is 1. The highest BCUT2D eigenvalue weighted by Gasteiger charge is 2.18. The molecule has 1 rings (SSSR count). The molecule has 0 amide bonds. The lowest BCUT2D eigenvalue weighted by molar-refractivity contribution is -0.379. The summed E-state index contributed by atoms with van der Waals surface area (Å²) in [5, 5.41) is 22.3. The lowest BCUT2D eigenvalue weighted by Crippen LogP contribution is -2.01. The van der Waals surface area contributed by atoms with Crippen LogP contribution in [0.5, 0.6) is 0 Å². The van der Waals surface area contributed by atoms with Crippen LogP contribution in [0.4, 0.5) is 10.7 Å². The Morgan fingerprint density at radius 2 is 2.47 bits per heavy atom. The van der Waals surface area contributed by atoms with Gasteiger partial charge in [0.2, 0.25) is 0 Å². The first-order chi connectivity index (χ1) is 7.19. The van der Waals surface area contributed by atoms with Crippen molar-refractivity contribution in [3.63, 3.8) is 0 Å². The average molecular weight is 225 g/mol. The minimum absolute atomic E-state index is 0.0163. The lowest BCUT2D eigenvalue weighted by Gasteiger charge is -2.00. The minimum Gasteiger partial charge on any atom is -0.379 e. The molecule has 0 fully saturated rings. The first-order valence-electron chi connectivity index (χ1n) is 4.61. The Morgan fingerprint density at radius 3 is 3.00 bits per heavy atom. The highest BCUT2D eigenvalue weighted by Crippen LogP contribution is 2.34. The molecule has 15 heavy (non-hydrogen) atoms. The predicted octanol–water partition coefficient (Wildman–Crippen LogP) is 2.74. The van der Waals surface area contributed by atoms with Crippen LogP contribution in [-0.4, -0.2) is 11.5 Å². The Hall–Kier alpha value is -1.61. The van der Waals surface area contributed by atoms with E-state index in [-0.39, 0.29) is 5.00 Å². The fraction of sp³-hybridized carbons (Fsp3) is 0.444. The second-order valence-electron chi connectivity index (χ2n) is 2.98. The van der Waals surface area contributed by atoms with Gasteiger partial charge >= 0.3 is 5.00 Å². The molecule has 0 saturated carbocycles. The topological polar surface area (TPSA) is 79.0 Å². The summed E-state index contributed by atoms with van der Waals surface area (Å²) in [5.41, 5.74) is 0.454. The highest BCUT2D eigenvalue weighted by molar-refractivity contribution is 7.16. The van der Waals surface area contributed by atoms with Crippen molar-refractivity contribution in [3.8, 4) is 6.07 Å². The van der Waals surface area contributed by atoms with E-state index >= 15 is 0 Å². The van der Waals surface area contributed by atoms with E-state index in [9.17, 15) is 10.1 Å². The fourth-order valence-electron chi connectivity index (χ4n) is 1.10. The first kappa shape index (κ1) is 11.5. The Bertz CT molecular complexity index is 395. The maximum atomic E-state index is 10.7. The number of nitro groups is 1. The highest BCUT2D eigenvalue weighted by atomic mass is 32.1. The Kier molecular flexibility index (Phi) is 4.06. The van der Waals surface area contributed by atoms with Crippen LogP contribution in [0, 0.1) is 21.4 Å². The maximum Gasteiger partial charge on any atom is 0.348 e. The summed E-state index contributed by atoms with van der Waals surface area (Å²) in [6.45, 7) is 2.74. The molecule has 0 spiro atoms. The van der Waals surface area contributed by atoms with E-state index in [1.54, 1.807) is 0 Å². The predicted molar refractivity (Wildman–Crippen MR) is 59.1 cm³/mol. The first-order valence-corrected chi connectivity index (χ1v) is 5.43. The third kappa shape index (κ3) is 2.92. The summed E-state index contributed by atoms with van der Waals surface area (Å²) in [7, 11) is 0. The summed E-state index contributed by atoms with van der Waals surface area (Å²) in [6, 6.07) is 3.43. The molecular formula is C9H11N3O2S. The monoisotopic (exact) mass is 225 g/mol.